The molecule has 0 bridgehead atoms. The molecule has 4 rings (SSSR count). The molecule has 0 aliphatic heterocycles. The Morgan fingerprint density at radius 2 is 1.69 bits per heavy atom. The van der Waals surface area contributed by atoms with Gasteiger partial charge in [-0.15, -0.1) is 0 Å². The second-order valence-corrected chi connectivity index (χ2v) is 7.62. The lowest BCUT2D eigenvalue weighted by Crippen LogP contribution is -2.31. The summed E-state index contributed by atoms with van der Waals surface area (Å²) in [6.07, 6.45) is 9.18. The molecular formula is C24H25N3O2. The van der Waals surface area contributed by atoms with Crippen LogP contribution in [0.2, 0.25) is 0 Å². The average molecular weight is 387 g/mol. The van der Waals surface area contributed by atoms with Gasteiger partial charge in [-0.1, -0.05) is 55.7 Å². The maximum Gasteiger partial charge on any atom is 0.256 e. The number of nitrogens with one attached hydrogen (secondary N) is 2. The predicted molar refractivity (Wildman–Crippen MR) is 115 cm³/mol. The molecule has 148 valence electrons. The van der Waals surface area contributed by atoms with Gasteiger partial charge in [-0.25, -0.2) is 0 Å². The smallest absolute Gasteiger partial charge is 0.256 e. The number of hydrogen-bond acceptors (Lipinski definition) is 3. The molecule has 1 aliphatic rings. The second-order valence-electron chi connectivity index (χ2n) is 7.62. The van der Waals surface area contributed by atoms with Crippen molar-refractivity contribution in [3.05, 3.63) is 72.1 Å². The molecule has 29 heavy (non-hydrogen) atoms. The third-order valence-corrected chi connectivity index (χ3v) is 5.62. The highest BCUT2D eigenvalue weighted by molar-refractivity contribution is 6.14. The molecule has 3 aromatic rings. The molecule has 0 atom stereocenters. The SMILES string of the molecule is O=C(NCC1CCCCC1)c1cnccc1NC(=O)c1cccc2ccccc12. The molecule has 5 heteroatoms. The number of rotatable bonds is 5. The Morgan fingerprint density at radius 3 is 2.55 bits per heavy atom. The molecule has 1 aliphatic carbocycles. The van der Waals surface area contributed by atoms with Crippen LogP contribution in [0.4, 0.5) is 5.69 Å². The van der Waals surface area contributed by atoms with Crippen LogP contribution in [0.5, 0.6) is 0 Å². The number of amides is 2. The van der Waals surface area contributed by atoms with Gasteiger partial charge in [-0.3, -0.25) is 14.6 Å². The molecule has 0 saturated heterocycles. The summed E-state index contributed by atoms with van der Waals surface area (Å²) in [5.41, 5.74) is 1.43. The van der Waals surface area contributed by atoms with Crippen molar-refractivity contribution in [1.29, 1.82) is 0 Å². The molecule has 0 unspecified atom stereocenters. The molecule has 1 aromatic heterocycles. The minimum Gasteiger partial charge on any atom is -0.352 e. The number of pyridine rings is 1. The van der Waals surface area contributed by atoms with Crippen molar-refractivity contribution in [2.75, 3.05) is 11.9 Å². The highest BCUT2D eigenvalue weighted by Crippen LogP contribution is 2.24. The van der Waals surface area contributed by atoms with Crippen molar-refractivity contribution in [2.45, 2.75) is 32.1 Å². The first-order chi connectivity index (χ1) is 14.2. The van der Waals surface area contributed by atoms with Crippen molar-refractivity contribution in [3.8, 4) is 0 Å². The Labute approximate surface area is 170 Å². The molecule has 2 N–H and O–H groups in total. The summed E-state index contributed by atoms with van der Waals surface area (Å²) in [7, 11) is 0. The number of fused-ring (bicyclic) bond motifs is 1. The average Bonchev–Trinajstić information content (AvgIpc) is 2.78. The van der Waals surface area contributed by atoms with Crippen molar-refractivity contribution >= 4 is 28.3 Å². The summed E-state index contributed by atoms with van der Waals surface area (Å²) in [5.74, 6) is 0.101. The first-order valence-corrected chi connectivity index (χ1v) is 10.2. The van der Waals surface area contributed by atoms with Crippen molar-refractivity contribution in [2.24, 2.45) is 5.92 Å². The van der Waals surface area contributed by atoms with Crippen LogP contribution in [0.15, 0.2) is 60.9 Å². The zero-order valence-corrected chi connectivity index (χ0v) is 16.4. The van der Waals surface area contributed by atoms with Crippen LogP contribution in [0.1, 0.15) is 52.8 Å². The van der Waals surface area contributed by atoms with E-state index in [9.17, 15) is 9.59 Å². The summed E-state index contributed by atoms with van der Waals surface area (Å²) >= 11 is 0. The second kappa shape index (κ2) is 8.86. The fraction of sp³-hybridized carbons (Fsp3) is 0.292. The number of hydrogen-bond donors (Lipinski definition) is 2. The van der Waals surface area contributed by atoms with Crippen LogP contribution >= 0.6 is 0 Å². The van der Waals surface area contributed by atoms with Gasteiger partial charge in [0.1, 0.15) is 0 Å². The van der Waals surface area contributed by atoms with E-state index >= 15 is 0 Å². The van der Waals surface area contributed by atoms with Gasteiger partial charge in [0.15, 0.2) is 0 Å². The summed E-state index contributed by atoms with van der Waals surface area (Å²) in [6.45, 7) is 0.671. The Balaban J connectivity index is 1.50. The fourth-order valence-electron chi connectivity index (χ4n) is 4.02. The molecule has 2 aromatic carbocycles. The van der Waals surface area contributed by atoms with E-state index in [-0.39, 0.29) is 11.8 Å². The minimum atomic E-state index is -0.241. The molecule has 5 nitrogen and oxygen atoms in total. The van der Waals surface area contributed by atoms with Gasteiger partial charge in [-0.05, 0) is 41.7 Å². The maximum absolute atomic E-state index is 12.9. The molecule has 1 fully saturated rings. The summed E-state index contributed by atoms with van der Waals surface area (Å²) in [5, 5.41) is 7.80. The lowest BCUT2D eigenvalue weighted by atomic mass is 9.89. The van der Waals surface area contributed by atoms with E-state index in [1.54, 1.807) is 18.3 Å². The summed E-state index contributed by atoms with van der Waals surface area (Å²) in [4.78, 5) is 29.8. The van der Waals surface area contributed by atoms with Crippen LogP contribution < -0.4 is 10.6 Å². The zero-order valence-electron chi connectivity index (χ0n) is 16.4. The first kappa shape index (κ1) is 19.1. The Morgan fingerprint density at radius 1 is 0.897 bits per heavy atom. The standard InChI is InChI=1S/C24H25N3O2/c28-23(26-15-17-7-2-1-3-8-17)21-16-25-14-13-22(21)27-24(29)20-12-6-10-18-9-4-5-11-19(18)20/h4-6,9-14,16-17H,1-3,7-8,15H2,(H,26,28)(H,25,27,29). The normalized spacial score (nSPS) is 14.5. The maximum atomic E-state index is 12.9. The van der Waals surface area contributed by atoms with Crippen molar-refractivity contribution < 1.29 is 9.59 Å². The highest BCUT2D eigenvalue weighted by atomic mass is 16.2. The van der Waals surface area contributed by atoms with E-state index in [4.69, 9.17) is 0 Å². The van der Waals surface area contributed by atoms with Crippen LogP contribution in [0.25, 0.3) is 10.8 Å². The van der Waals surface area contributed by atoms with Gasteiger partial charge in [0.25, 0.3) is 11.8 Å². The number of carbonyl (C=O) groups is 2. The van der Waals surface area contributed by atoms with Crippen LogP contribution in [-0.2, 0) is 0 Å². The quantitative estimate of drug-likeness (QED) is 0.661. The van der Waals surface area contributed by atoms with E-state index < -0.39 is 0 Å². The highest BCUT2D eigenvalue weighted by Gasteiger charge is 2.18. The van der Waals surface area contributed by atoms with Crippen LogP contribution in [0.3, 0.4) is 0 Å². The third kappa shape index (κ3) is 4.45. The number of aromatic nitrogens is 1. The fourth-order valence-corrected chi connectivity index (χ4v) is 4.02. The van der Waals surface area contributed by atoms with Gasteiger partial charge < -0.3 is 10.6 Å². The molecule has 1 saturated carbocycles. The monoisotopic (exact) mass is 387 g/mol. The van der Waals surface area contributed by atoms with Gasteiger partial charge >= 0.3 is 0 Å². The molecule has 1 heterocycles. The third-order valence-electron chi connectivity index (χ3n) is 5.62. The van der Waals surface area contributed by atoms with E-state index in [1.807, 2.05) is 36.4 Å². The van der Waals surface area contributed by atoms with Crippen LogP contribution in [-0.4, -0.2) is 23.3 Å². The van der Waals surface area contributed by atoms with Crippen molar-refractivity contribution in [3.63, 3.8) is 0 Å². The molecular weight excluding hydrogens is 362 g/mol. The van der Waals surface area contributed by atoms with Gasteiger partial charge in [0.05, 0.1) is 11.3 Å². The number of nitrogens with zero attached hydrogens (tertiary/aromatic N) is 1. The molecule has 0 spiro atoms. The van der Waals surface area contributed by atoms with E-state index in [0.29, 0.717) is 29.3 Å². The molecule has 0 radical (unpaired) electrons. The van der Waals surface area contributed by atoms with Gasteiger partial charge in [0.2, 0.25) is 0 Å². The largest absolute Gasteiger partial charge is 0.352 e. The van der Waals surface area contributed by atoms with E-state index in [0.717, 1.165) is 23.6 Å². The van der Waals surface area contributed by atoms with Gasteiger partial charge in [-0.2, -0.15) is 0 Å². The number of anilines is 1. The van der Waals surface area contributed by atoms with E-state index in [2.05, 4.69) is 15.6 Å². The number of benzene rings is 2. The Bertz CT molecular complexity index is 1020. The Kier molecular flexibility index (Phi) is 5.84. The lowest BCUT2D eigenvalue weighted by molar-refractivity contribution is 0.0944. The molecule has 2 amide bonds. The summed E-state index contributed by atoms with van der Waals surface area (Å²) in [6, 6.07) is 15.1. The van der Waals surface area contributed by atoms with Gasteiger partial charge in [0, 0.05) is 24.5 Å². The first-order valence-electron chi connectivity index (χ1n) is 10.2. The van der Waals surface area contributed by atoms with Crippen molar-refractivity contribution in [1.82, 2.24) is 10.3 Å². The topological polar surface area (TPSA) is 71.1 Å². The summed E-state index contributed by atoms with van der Waals surface area (Å²) < 4.78 is 0. The van der Waals surface area contributed by atoms with E-state index in [1.165, 1.54) is 25.5 Å². The Hall–Kier alpha value is -3.21. The lowest BCUT2D eigenvalue weighted by Gasteiger charge is -2.22. The zero-order chi connectivity index (χ0) is 20.1. The van der Waals surface area contributed by atoms with Crippen LogP contribution in [0, 0.1) is 5.92 Å². The predicted octanol–water partition coefficient (Wildman–Crippen LogP) is 4.80. The number of carbonyl (C=O) groups excluding carboxylic acids is 2. The minimum absolute atomic E-state index is 0.197.